The molecule has 2 heterocycles. The number of nitrogens with one attached hydrogen (secondary N) is 1. The lowest BCUT2D eigenvalue weighted by atomic mass is 9.85. The maximum absolute atomic E-state index is 14.5. The molecule has 4 rings (SSSR count). The van der Waals surface area contributed by atoms with Gasteiger partial charge in [-0.2, -0.15) is 5.10 Å². The molecular formula is C30H31N5O5S2. The molecule has 1 atom stereocenters. The molecule has 12 heteroatoms. The van der Waals surface area contributed by atoms with E-state index in [1.807, 2.05) is 20.8 Å². The van der Waals surface area contributed by atoms with Crippen molar-refractivity contribution in [1.82, 2.24) is 19.5 Å². The summed E-state index contributed by atoms with van der Waals surface area (Å²) in [4.78, 5) is 34.1. The van der Waals surface area contributed by atoms with Gasteiger partial charge in [0, 0.05) is 36.0 Å². The molecule has 42 heavy (non-hydrogen) atoms. The lowest BCUT2D eigenvalue weighted by Gasteiger charge is -2.40. The predicted octanol–water partition coefficient (Wildman–Crippen LogP) is 4.26. The van der Waals surface area contributed by atoms with Gasteiger partial charge in [0.05, 0.1) is 18.6 Å². The molecule has 10 nitrogen and oxygen atoms in total. The second-order valence-corrected chi connectivity index (χ2v) is 13.0. The summed E-state index contributed by atoms with van der Waals surface area (Å²) in [6.45, 7) is 5.80. The molecule has 0 aliphatic heterocycles. The van der Waals surface area contributed by atoms with E-state index < -0.39 is 27.4 Å². The van der Waals surface area contributed by atoms with E-state index in [2.05, 4.69) is 20.7 Å². The number of amides is 2. The number of thiazole rings is 1. The molecule has 4 aromatic rings. The minimum absolute atomic E-state index is 0.123. The van der Waals surface area contributed by atoms with Crippen molar-refractivity contribution >= 4 is 38.3 Å². The van der Waals surface area contributed by atoms with Crippen LogP contribution >= 0.6 is 11.3 Å². The Morgan fingerprint density at radius 3 is 2.43 bits per heavy atom. The van der Waals surface area contributed by atoms with Crippen LogP contribution in [-0.4, -0.2) is 47.6 Å². The first-order chi connectivity index (χ1) is 19.9. The Bertz CT molecular complexity index is 1690. The zero-order chi connectivity index (χ0) is 30.5. The van der Waals surface area contributed by atoms with Gasteiger partial charge in [0.25, 0.3) is 21.8 Å². The van der Waals surface area contributed by atoms with E-state index in [0.717, 1.165) is 16.9 Å². The Hall–Kier alpha value is -4.47. The van der Waals surface area contributed by atoms with E-state index in [0.29, 0.717) is 5.75 Å². The van der Waals surface area contributed by atoms with Crippen LogP contribution in [0.25, 0.3) is 0 Å². The summed E-state index contributed by atoms with van der Waals surface area (Å²) in [6.07, 6.45) is 10.0. The van der Waals surface area contributed by atoms with Gasteiger partial charge in [0.1, 0.15) is 5.75 Å². The Labute approximate surface area is 249 Å². The van der Waals surface area contributed by atoms with Crippen LogP contribution in [0, 0.1) is 12.3 Å². The number of ether oxygens (including phenoxy) is 1. The minimum Gasteiger partial charge on any atom is -0.496 e. The maximum atomic E-state index is 14.5. The fraction of sp³-hybridized carbons (Fsp3) is 0.267. The molecule has 0 radical (unpaired) electrons. The van der Waals surface area contributed by atoms with Gasteiger partial charge < -0.3 is 4.74 Å². The van der Waals surface area contributed by atoms with Crippen molar-refractivity contribution in [3.8, 4) is 18.1 Å². The monoisotopic (exact) mass is 605 g/mol. The third-order valence-electron chi connectivity index (χ3n) is 6.58. The number of rotatable bonds is 10. The van der Waals surface area contributed by atoms with E-state index in [9.17, 15) is 18.0 Å². The fourth-order valence-electron chi connectivity index (χ4n) is 4.53. The molecule has 2 amide bonds. The number of carbonyl (C=O) groups is 2. The quantitative estimate of drug-likeness (QED) is 0.268. The van der Waals surface area contributed by atoms with Crippen LogP contribution in [0.4, 0.5) is 5.13 Å². The average Bonchev–Trinajstić information content (AvgIpc) is 3.67. The largest absolute Gasteiger partial charge is 0.496 e. The third kappa shape index (κ3) is 6.22. The molecular weight excluding hydrogens is 574 g/mol. The van der Waals surface area contributed by atoms with Crippen molar-refractivity contribution in [2.75, 3.05) is 12.0 Å². The number of methoxy groups -OCH3 is 1. The van der Waals surface area contributed by atoms with Crippen LogP contribution in [0.15, 0.2) is 83.5 Å². The Morgan fingerprint density at radius 1 is 1.12 bits per heavy atom. The number of hydrogen-bond acceptors (Lipinski definition) is 8. The average molecular weight is 606 g/mol. The van der Waals surface area contributed by atoms with Gasteiger partial charge in [-0.1, -0.05) is 45.0 Å². The molecule has 0 aliphatic carbocycles. The second kappa shape index (κ2) is 12.2. The minimum atomic E-state index is -4.34. The molecule has 0 bridgehead atoms. The summed E-state index contributed by atoms with van der Waals surface area (Å²) in [6, 6.07) is 14.1. The SMILES string of the molecule is C#CCC(Cn1cccn1)(C(=O)NS(=O)(=O)c1ccccc1)N(C(=O)c1ccc(C(C)(C)C)c(OC)c1)c1nccs1. The number of aromatic nitrogens is 3. The zero-order valence-corrected chi connectivity index (χ0v) is 25.3. The van der Waals surface area contributed by atoms with Crippen LogP contribution < -0.4 is 14.4 Å². The zero-order valence-electron chi connectivity index (χ0n) is 23.6. The smallest absolute Gasteiger partial charge is 0.264 e. The van der Waals surface area contributed by atoms with E-state index in [4.69, 9.17) is 11.2 Å². The Kier molecular flexibility index (Phi) is 8.84. The fourth-order valence-corrected chi connectivity index (χ4v) is 6.32. The number of sulfonamides is 1. The number of nitrogens with zero attached hydrogens (tertiary/aromatic N) is 4. The molecule has 0 fully saturated rings. The van der Waals surface area contributed by atoms with Gasteiger partial charge in [-0.25, -0.2) is 18.1 Å². The molecule has 0 aliphatic rings. The van der Waals surface area contributed by atoms with E-state index in [-0.39, 0.29) is 34.0 Å². The number of terminal acetylenes is 1. The molecule has 2 aromatic carbocycles. The molecule has 0 saturated carbocycles. The standard InChI is InChI=1S/C30H31N5O5S2/c1-6-15-30(21-34-18-10-16-32-34,27(37)33-42(38,39)23-11-8-7-9-12-23)35(28-31-17-19-41-28)26(36)22-13-14-24(29(2,3)4)25(20-22)40-5/h1,7-14,16-20H,15,21H2,2-5H3,(H,33,37). The normalized spacial score (nSPS) is 13.0. The van der Waals surface area contributed by atoms with Crippen LogP contribution in [0.2, 0.25) is 0 Å². The molecule has 218 valence electrons. The van der Waals surface area contributed by atoms with Gasteiger partial charge in [-0.05, 0) is 41.3 Å². The van der Waals surface area contributed by atoms with Gasteiger partial charge in [-0.15, -0.1) is 23.7 Å². The van der Waals surface area contributed by atoms with E-state index in [1.165, 1.54) is 53.4 Å². The predicted molar refractivity (Wildman–Crippen MR) is 161 cm³/mol. The third-order valence-corrected chi connectivity index (χ3v) is 8.68. The number of benzene rings is 2. The summed E-state index contributed by atoms with van der Waals surface area (Å²) in [5, 5.41) is 6.02. The number of hydrogen-bond donors (Lipinski definition) is 1. The highest BCUT2D eigenvalue weighted by Crippen LogP contribution is 2.36. The van der Waals surface area contributed by atoms with E-state index >= 15 is 0 Å². The van der Waals surface area contributed by atoms with Gasteiger partial charge in [-0.3, -0.25) is 19.2 Å². The summed E-state index contributed by atoms with van der Waals surface area (Å²) in [7, 11) is -2.82. The first-order valence-electron chi connectivity index (χ1n) is 12.9. The first kappa shape index (κ1) is 30.5. The van der Waals surface area contributed by atoms with Gasteiger partial charge >= 0.3 is 0 Å². The highest BCUT2D eigenvalue weighted by molar-refractivity contribution is 7.90. The van der Waals surface area contributed by atoms with Crippen molar-refractivity contribution in [2.24, 2.45) is 0 Å². The summed E-state index contributed by atoms with van der Waals surface area (Å²) >= 11 is 1.10. The van der Waals surface area contributed by atoms with Crippen molar-refractivity contribution in [2.45, 2.75) is 49.6 Å². The van der Waals surface area contributed by atoms with Gasteiger partial charge in [0.15, 0.2) is 10.7 Å². The highest BCUT2D eigenvalue weighted by Gasteiger charge is 2.50. The maximum Gasteiger partial charge on any atom is 0.264 e. The Morgan fingerprint density at radius 2 is 1.86 bits per heavy atom. The van der Waals surface area contributed by atoms with Crippen LogP contribution in [0.5, 0.6) is 5.75 Å². The summed E-state index contributed by atoms with van der Waals surface area (Å²) in [5.74, 6) is 1.33. The van der Waals surface area contributed by atoms with Crippen molar-refractivity contribution in [1.29, 1.82) is 0 Å². The first-order valence-corrected chi connectivity index (χ1v) is 15.2. The van der Waals surface area contributed by atoms with Crippen molar-refractivity contribution in [3.63, 3.8) is 0 Å². The molecule has 2 aromatic heterocycles. The summed E-state index contributed by atoms with van der Waals surface area (Å²) in [5.41, 5.74) is -1.18. The van der Waals surface area contributed by atoms with Crippen LogP contribution in [0.1, 0.15) is 43.1 Å². The summed E-state index contributed by atoms with van der Waals surface area (Å²) < 4.78 is 35.9. The van der Waals surface area contributed by atoms with Crippen LogP contribution in [-0.2, 0) is 26.8 Å². The molecule has 0 spiro atoms. The molecule has 1 unspecified atom stereocenters. The molecule has 1 N–H and O–H groups in total. The Balaban J connectivity index is 1.91. The lowest BCUT2D eigenvalue weighted by Crippen LogP contribution is -2.64. The van der Waals surface area contributed by atoms with Gasteiger partial charge in [0.2, 0.25) is 0 Å². The van der Waals surface area contributed by atoms with Crippen molar-refractivity contribution in [3.05, 3.63) is 89.7 Å². The lowest BCUT2D eigenvalue weighted by molar-refractivity contribution is -0.125. The van der Waals surface area contributed by atoms with Crippen LogP contribution in [0.3, 0.4) is 0 Å². The highest BCUT2D eigenvalue weighted by atomic mass is 32.2. The van der Waals surface area contributed by atoms with E-state index in [1.54, 1.807) is 41.9 Å². The topological polar surface area (TPSA) is 123 Å². The molecule has 0 saturated heterocycles. The second-order valence-electron chi connectivity index (χ2n) is 10.5. The number of anilines is 1. The van der Waals surface area contributed by atoms with Crippen molar-refractivity contribution < 1.29 is 22.7 Å². The number of carbonyl (C=O) groups excluding carboxylic acids is 2.